The predicted octanol–water partition coefficient (Wildman–Crippen LogP) is 2.07. The number of aliphatic hydroxyl groups is 1. The van der Waals surface area contributed by atoms with Gasteiger partial charge in [-0.1, -0.05) is 23.9 Å². The maximum atomic E-state index is 11.3. The zero-order valence-electron chi connectivity index (χ0n) is 15.0. The largest absolute Gasteiger partial charge is 0.354 e. The predicted molar refractivity (Wildman–Crippen MR) is 101 cm³/mol. The fraction of sp³-hybridized carbons (Fsp3) is 0.471. The maximum absolute atomic E-state index is 11.3. The Kier molecular flexibility index (Phi) is 5.01. The summed E-state index contributed by atoms with van der Waals surface area (Å²) in [7, 11) is 0. The summed E-state index contributed by atoms with van der Waals surface area (Å²) in [4.78, 5) is 13.4. The summed E-state index contributed by atoms with van der Waals surface area (Å²) in [6.45, 7) is 9.29. The van der Waals surface area contributed by atoms with Gasteiger partial charge in [0.05, 0.1) is 5.75 Å². The van der Waals surface area contributed by atoms with Crippen molar-refractivity contribution < 1.29 is 5.11 Å². The van der Waals surface area contributed by atoms with Gasteiger partial charge in [0.2, 0.25) is 17.4 Å². The molecular weight excluding hydrogens is 336 g/mol. The summed E-state index contributed by atoms with van der Waals surface area (Å²) < 4.78 is 1.68. The van der Waals surface area contributed by atoms with E-state index in [1.165, 1.54) is 11.8 Å². The van der Waals surface area contributed by atoms with E-state index in [1.54, 1.807) is 4.57 Å². The Morgan fingerprint density at radius 3 is 2.84 bits per heavy atom. The Hall–Kier alpha value is -2.06. The van der Waals surface area contributed by atoms with Crippen LogP contribution in [0.5, 0.6) is 0 Å². The number of aryl methyl sites for hydroxylation is 2. The van der Waals surface area contributed by atoms with Crippen molar-refractivity contribution in [3.8, 4) is 0 Å². The summed E-state index contributed by atoms with van der Waals surface area (Å²) in [5, 5.41) is 18.4. The molecule has 0 radical (unpaired) electrons. The lowest BCUT2D eigenvalue weighted by Gasteiger charge is -2.28. The molecule has 134 valence electrons. The second-order valence-electron chi connectivity index (χ2n) is 6.02. The van der Waals surface area contributed by atoms with Crippen LogP contribution in [-0.4, -0.2) is 38.5 Å². The molecule has 0 bridgehead atoms. The lowest BCUT2D eigenvalue weighted by atomic mass is 10.1. The van der Waals surface area contributed by atoms with Crippen molar-refractivity contribution in [1.29, 1.82) is 0 Å². The van der Waals surface area contributed by atoms with Gasteiger partial charge >= 0.3 is 0 Å². The molecule has 0 amide bonds. The van der Waals surface area contributed by atoms with E-state index in [-0.39, 0.29) is 0 Å². The van der Waals surface area contributed by atoms with Crippen LogP contribution < -0.4 is 16.3 Å². The molecule has 1 unspecified atom stereocenters. The van der Waals surface area contributed by atoms with E-state index in [9.17, 15) is 5.11 Å². The molecule has 1 atom stereocenters. The Bertz CT molecular complexity index is 850. The third kappa shape index (κ3) is 3.50. The third-order valence-corrected chi connectivity index (χ3v) is 5.01. The van der Waals surface area contributed by atoms with Gasteiger partial charge in [0.25, 0.3) is 0 Å². The van der Waals surface area contributed by atoms with Crippen molar-refractivity contribution in [3.63, 3.8) is 0 Å². The first-order valence-electron chi connectivity index (χ1n) is 8.43. The normalized spacial score (nSPS) is 19.8. The first kappa shape index (κ1) is 17.8. The van der Waals surface area contributed by atoms with Crippen molar-refractivity contribution in [1.82, 2.24) is 14.5 Å². The summed E-state index contributed by atoms with van der Waals surface area (Å²) in [5.74, 6) is -0.363. The van der Waals surface area contributed by atoms with Crippen molar-refractivity contribution >= 4 is 23.4 Å². The van der Waals surface area contributed by atoms with Crippen LogP contribution >= 0.6 is 11.8 Å². The lowest BCUT2D eigenvalue weighted by molar-refractivity contribution is 0.00812. The van der Waals surface area contributed by atoms with Crippen molar-refractivity contribution in [2.75, 3.05) is 29.5 Å². The molecule has 0 saturated heterocycles. The highest BCUT2D eigenvalue weighted by Gasteiger charge is 2.39. The van der Waals surface area contributed by atoms with Crippen LogP contribution in [0, 0.1) is 13.8 Å². The molecule has 1 aromatic heterocycles. The average Bonchev–Trinajstić information content (AvgIpc) is 2.89. The number of hydrogen-bond donors (Lipinski definition) is 3. The van der Waals surface area contributed by atoms with Crippen molar-refractivity contribution in [3.05, 3.63) is 34.9 Å². The van der Waals surface area contributed by atoms with Gasteiger partial charge in [0.15, 0.2) is 5.16 Å². The Balaban J connectivity index is 2.08. The molecular formula is C17H24N6OS. The minimum absolute atomic E-state index is 0.427. The van der Waals surface area contributed by atoms with Gasteiger partial charge in [-0.15, -0.1) is 0 Å². The van der Waals surface area contributed by atoms with Crippen molar-refractivity contribution in [2.24, 2.45) is 4.99 Å². The number of nitrogens with one attached hydrogen (secondary N) is 2. The Morgan fingerprint density at radius 1 is 1.32 bits per heavy atom. The van der Waals surface area contributed by atoms with Gasteiger partial charge in [-0.2, -0.15) is 9.97 Å². The van der Waals surface area contributed by atoms with Gasteiger partial charge in [-0.3, -0.25) is 4.99 Å². The van der Waals surface area contributed by atoms with E-state index >= 15 is 0 Å². The Labute approximate surface area is 151 Å². The Morgan fingerprint density at radius 2 is 2.12 bits per heavy atom. The number of anilines is 2. The number of aromatic nitrogens is 3. The summed E-state index contributed by atoms with van der Waals surface area (Å²) >= 11 is 1.48. The van der Waals surface area contributed by atoms with E-state index < -0.39 is 5.85 Å². The minimum Gasteiger partial charge on any atom is -0.354 e. The number of hydrogen-bond acceptors (Lipinski definition) is 7. The topological polar surface area (TPSA) is 87.4 Å². The summed E-state index contributed by atoms with van der Waals surface area (Å²) in [6, 6.07) is 6.12. The molecule has 0 spiro atoms. The van der Waals surface area contributed by atoms with Gasteiger partial charge in [-0.25, -0.2) is 4.57 Å². The average molecular weight is 360 g/mol. The standard InChI is InChI=1S/C17H24N6OS/c1-5-18-14-20-15(19-6-2)23-16(21-14)25-10-17(23,24)22-13-9-11(3)7-8-12(13)4/h7-9,22,24H,5-6,10H2,1-4H3,(H,18,19,20). The third-order valence-electron chi connectivity index (χ3n) is 3.93. The molecule has 1 aliphatic heterocycles. The monoisotopic (exact) mass is 360 g/mol. The molecule has 0 fully saturated rings. The maximum Gasteiger partial charge on any atom is 0.234 e. The first-order valence-corrected chi connectivity index (χ1v) is 9.42. The highest BCUT2D eigenvalue weighted by atomic mass is 32.2. The van der Waals surface area contributed by atoms with Gasteiger partial charge in [0, 0.05) is 18.8 Å². The highest BCUT2D eigenvalue weighted by Crippen LogP contribution is 2.35. The molecule has 0 saturated carbocycles. The number of benzene rings is 1. The summed E-state index contributed by atoms with van der Waals surface area (Å²) in [5.41, 5.74) is 3.55. The van der Waals surface area contributed by atoms with Gasteiger partial charge in [-0.05, 0) is 44.9 Å². The summed E-state index contributed by atoms with van der Waals surface area (Å²) in [6.07, 6.45) is 0. The molecule has 1 aromatic carbocycles. The second-order valence-corrected chi connectivity index (χ2v) is 6.96. The molecule has 8 heteroatoms. The van der Waals surface area contributed by atoms with Crippen molar-refractivity contribution in [2.45, 2.75) is 38.7 Å². The van der Waals surface area contributed by atoms with E-state index in [0.29, 0.717) is 29.0 Å². The molecule has 2 heterocycles. The lowest BCUT2D eigenvalue weighted by Crippen LogP contribution is -2.48. The van der Waals surface area contributed by atoms with Crippen LogP contribution in [0.4, 0.5) is 11.6 Å². The van der Waals surface area contributed by atoms with Crippen LogP contribution in [0.1, 0.15) is 25.0 Å². The van der Waals surface area contributed by atoms with E-state index in [2.05, 4.69) is 31.7 Å². The van der Waals surface area contributed by atoms with E-state index in [1.807, 2.05) is 39.8 Å². The van der Waals surface area contributed by atoms with Crippen LogP contribution in [-0.2, 0) is 5.85 Å². The molecule has 3 rings (SSSR count). The van der Waals surface area contributed by atoms with Gasteiger partial charge < -0.3 is 15.7 Å². The molecule has 7 nitrogen and oxygen atoms in total. The van der Waals surface area contributed by atoms with Crippen LogP contribution in [0.3, 0.4) is 0 Å². The zero-order valence-corrected chi connectivity index (χ0v) is 15.8. The fourth-order valence-electron chi connectivity index (χ4n) is 2.71. The number of thioether (sulfide) groups is 1. The second kappa shape index (κ2) is 7.05. The number of fused-ring (bicyclic) bond motifs is 1. The van der Waals surface area contributed by atoms with E-state index in [4.69, 9.17) is 0 Å². The number of rotatable bonds is 5. The SMILES string of the molecule is CCN=c1nc(NCC)nc2n1C(O)(Nc1cc(C)ccc1C)CS2. The van der Waals surface area contributed by atoms with Gasteiger partial charge in [0.1, 0.15) is 0 Å². The first-order chi connectivity index (χ1) is 12.0. The molecule has 1 aliphatic rings. The molecule has 2 aromatic rings. The quantitative estimate of drug-likeness (QED) is 0.708. The van der Waals surface area contributed by atoms with E-state index in [0.717, 1.165) is 23.4 Å². The highest BCUT2D eigenvalue weighted by molar-refractivity contribution is 7.99. The number of nitrogens with zero attached hydrogens (tertiary/aromatic N) is 4. The molecule has 25 heavy (non-hydrogen) atoms. The fourth-order valence-corrected chi connectivity index (χ4v) is 3.75. The van der Waals surface area contributed by atoms with Crippen LogP contribution in [0.15, 0.2) is 28.3 Å². The molecule has 0 aliphatic carbocycles. The van der Waals surface area contributed by atoms with Crippen LogP contribution in [0.25, 0.3) is 0 Å². The molecule has 3 N–H and O–H groups in total. The zero-order chi connectivity index (χ0) is 18.0. The van der Waals surface area contributed by atoms with Crippen LogP contribution in [0.2, 0.25) is 0 Å². The smallest absolute Gasteiger partial charge is 0.234 e. The minimum atomic E-state index is -1.32.